The number of aromatic nitrogens is 1. The zero-order valence-electron chi connectivity index (χ0n) is 12.4. The molecule has 3 aromatic rings. The second kappa shape index (κ2) is 7.03. The van der Waals surface area contributed by atoms with Crippen LogP contribution in [0.5, 0.6) is 0 Å². The highest BCUT2D eigenvalue weighted by Gasteiger charge is 2.05. The third-order valence-corrected chi connectivity index (χ3v) is 4.65. The van der Waals surface area contributed by atoms with E-state index in [4.69, 9.17) is 16.7 Å². The van der Waals surface area contributed by atoms with E-state index in [1.165, 1.54) is 0 Å². The molecule has 4 nitrogen and oxygen atoms in total. The van der Waals surface area contributed by atoms with Gasteiger partial charge in [-0.1, -0.05) is 11.6 Å². The molecule has 3 rings (SSSR count). The molecular formula is C18H12BrClN2O2. The first kappa shape index (κ1) is 16.5. The highest BCUT2D eigenvalue weighted by atomic mass is 79.9. The molecule has 1 aromatic heterocycles. The van der Waals surface area contributed by atoms with Gasteiger partial charge in [0.1, 0.15) is 0 Å². The Bertz CT molecular complexity index is 917. The molecule has 0 spiro atoms. The van der Waals surface area contributed by atoms with Crippen molar-refractivity contribution in [3.8, 4) is 5.69 Å². The molecule has 6 heteroatoms. The number of carboxylic acid groups (broad SMARTS) is 1. The van der Waals surface area contributed by atoms with Gasteiger partial charge >= 0.3 is 5.97 Å². The average Bonchev–Trinajstić information content (AvgIpc) is 3.04. The summed E-state index contributed by atoms with van der Waals surface area (Å²) in [7, 11) is 0. The van der Waals surface area contributed by atoms with Crippen molar-refractivity contribution in [3.05, 3.63) is 81.5 Å². The van der Waals surface area contributed by atoms with E-state index in [1.54, 1.807) is 36.5 Å². The number of hydrogen-bond acceptors (Lipinski definition) is 2. The van der Waals surface area contributed by atoms with E-state index in [-0.39, 0.29) is 5.56 Å². The van der Waals surface area contributed by atoms with Crippen LogP contribution in [0.3, 0.4) is 0 Å². The second-order valence-corrected chi connectivity index (χ2v) is 6.27. The van der Waals surface area contributed by atoms with Crippen LogP contribution in [-0.2, 0) is 0 Å². The molecule has 0 aliphatic heterocycles. The third kappa shape index (κ3) is 3.58. The molecule has 120 valence electrons. The lowest BCUT2D eigenvalue weighted by Gasteiger charge is -2.06. The van der Waals surface area contributed by atoms with Crippen LogP contribution in [0, 0.1) is 0 Å². The van der Waals surface area contributed by atoms with Crippen molar-refractivity contribution in [2.75, 3.05) is 0 Å². The molecule has 0 aliphatic carbocycles. The van der Waals surface area contributed by atoms with Gasteiger partial charge in [-0.25, -0.2) is 4.79 Å². The molecular weight excluding hydrogens is 392 g/mol. The maximum absolute atomic E-state index is 10.9. The van der Waals surface area contributed by atoms with Gasteiger partial charge in [-0.3, -0.25) is 4.99 Å². The van der Waals surface area contributed by atoms with Crippen molar-refractivity contribution in [1.82, 2.24) is 4.57 Å². The van der Waals surface area contributed by atoms with Crippen LogP contribution in [0.15, 0.2) is 70.3 Å². The van der Waals surface area contributed by atoms with Crippen LogP contribution in [0.1, 0.15) is 16.1 Å². The van der Waals surface area contributed by atoms with Gasteiger partial charge in [-0.2, -0.15) is 0 Å². The number of halogens is 2. The Labute approximate surface area is 152 Å². The number of aliphatic imine (C=N–C) groups is 1. The Morgan fingerprint density at radius 3 is 2.58 bits per heavy atom. The Kier molecular flexibility index (Phi) is 4.83. The molecule has 1 N–H and O–H groups in total. The van der Waals surface area contributed by atoms with Gasteiger partial charge in [-0.15, -0.1) is 0 Å². The van der Waals surface area contributed by atoms with E-state index in [1.807, 2.05) is 35.0 Å². The van der Waals surface area contributed by atoms with Crippen LogP contribution < -0.4 is 0 Å². The molecule has 1 heterocycles. The van der Waals surface area contributed by atoms with Gasteiger partial charge in [-0.05, 0) is 70.5 Å². The van der Waals surface area contributed by atoms with Crippen LogP contribution in [0.4, 0.5) is 5.69 Å². The van der Waals surface area contributed by atoms with Crippen molar-refractivity contribution in [2.24, 2.45) is 4.99 Å². The molecule has 2 aromatic carbocycles. The SMILES string of the molecule is O=C(O)c1ccc(-n2cccc2C=Nc2ccc(Br)c(Cl)c2)cc1. The lowest BCUT2D eigenvalue weighted by atomic mass is 10.2. The van der Waals surface area contributed by atoms with Gasteiger partial charge in [0, 0.05) is 16.4 Å². The molecule has 0 bridgehead atoms. The molecule has 0 radical (unpaired) electrons. The van der Waals surface area contributed by atoms with Gasteiger partial charge in [0.15, 0.2) is 0 Å². The maximum atomic E-state index is 10.9. The molecule has 0 aliphatic rings. The largest absolute Gasteiger partial charge is 0.478 e. The number of benzene rings is 2. The van der Waals surface area contributed by atoms with E-state index < -0.39 is 5.97 Å². The van der Waals surface area contributed by atoms with E-state index in [0.717, 1.165) is 21.5 Å². The fourth-order valence-corrected chi connectivity index (χ4v) is 2.63. The molecule has 0 saturated heterocycles. The highest BCUT2D eigenvalue weighted by molar-refractivity contribution is 9.10. The van der Waals surface area contributed by atoms with Crippen molar-refractivity contribution < 1.29 is 9.90 Å². The molecule has 0 saturated carbocycles. The van der Waals surface area contributed by atoms with Gasteiger partial charge in [0.2, 0.25) is 0 Å². The number of aromatic carboxylic acids is 1. The highest BCUT2D eigenvalue weighted by Crippen LogP contribution is 2.27. The molecule has 0 fully saturated rings. The minimum atomic E-state index is -0.942. The Morgan fingerprint density at radius 2 is 1.92 bits per heavy atom. The summed E-state index contributed by atoms with van der Waals surface area (Å²) in [6.45, 7) is 0. The number of rotatable bonds is 4. The van der Waals surface area contributed by atoms with Crippen molar-refractivity contribution >= 4 is 45.4 Å². The summed E-state index contributed by atoms with van der Waals surface area (Å²) in [6, 6.07) is 16.0. The van der Waals surface area contributed by atoms with Gasteiger partial charge in [0.25, 0.3) is 0 Å². The summed E-state index contributed by atoms with van der Waals surface area (Å²) in [5.74, 6) is -0.942. The van der Waals surface area contributed by atoms with Crippen molar-refractivity contribution in [1.29, 1.82) is 0 Å². The fourth-order valence-electron chi connectivity index (χ4n) is 2.21. The lowest BCUT2D eigenvalue weighted by molar-refractivity contribution is 0.0697. The third-order valence-electron chi connectivity index (χ3n) is 3.42. The summed E-state index contributed by atoms with van der Waals surface area (Å²) in [6.07, 6.45) is 3.64. The predicted octanol–water partition coefficient (Wildman–Crippen LogP) is 5.34. The Hall–Kier alpha value is -2.37. The minimum absolute atomic E-state index is 0.255. The van der Waals surface area contributed by atoms with Crippen molar-refractivity contribution in [3.63, 3.8) is 0 Å². The van der Waals surface area contributed by atoms with Gasteiger partial charge < -0.3 is 9.67 Å². The van der Waals surface area contributed by atoms with Crippen LogP contribution in [-0.4, -0.2) is 21.9 Å². The molecule has 0 atom stereocenters. The van der Waals surface area contributed by atoms with Crippen LogP contribution >= 0.6 is 27.5 Å². The average molecular weight is 404 g/mol. The van der Waals surface area contributed by atoms with Crippen LogP contribution in [0.25, 0.3) is 5.69 Å². The van der Waals surface area contributed by atoms with Gasteiger partial charge in [0.05, 0.1) is 28.2 Å². The summed E-state index contributed by atoms with van der Waals surface area (Å²) in [5.41, 5.74) is 2.74. The summed E-state index contributed by atoms with van der Waals surface area (Å²) < 4.78 is 2.75. The summed E-state index contributed by atoms with van der Waals surface area (Å²) in [4.78, 5) is 15.4. The van der Waals surface area contributed by atoms with E-state index in [0.29, 0.717) is 5.02 Å². The zero-order valence-corrected chi connectivity index (χ0v) is 14.7. The molecule has 0 unspecified atom stereocenters. The quantitative estimate of drug-likeness (QED) is 0.598. The smallest absolute Gasteiger partial charge is 0.335 e. The summed E-state index contributed by atoms with van der Waals surface area (Å²) in [5, 5.41) is 9.57. The summed E-state index contributed by atoms with van der Waals surface area (Å²) >= 11 is 9.42. The standard InChI is InChI=1S/C18H12BrClN2O2/c19-16-8-5-13(10-17(16)20)21-11-15-2-1-9-22(15)14-6-3-12(4-7-14)18(23)24/h1-11H,(H,23,24). The lowest BCUT2D eigenvalue weighted by Crippen LogP contribution is -2.00. The van der Waals surface area contributed by atoms with Crippen LogP contribution in [0.2, 0.25) is 5.02 Å². The first-order chi connectivity index (χ1) is 11.5. The number of carboxylic acids is 1. The second-order valence-electron chi connectivity index (χ2n) is 5.01. The maximum Gasteiger partial charge on any atom is 0.335 e. The normalized spacial score (nSPS) is 11.1. The zero-order chi connectivity index (χ0) is 17.1. The molecule has 24 heavy (non-hydrogen) atoms. The van der Waals surface area contributed by atoms with E-state index in [9.17, 15) is 4.79 Å². The Balaban J connectivity index is 1.88. The first-order valence-electron chi connectivity index (χ1n) is 7.05. The molecule has 0 amide bonds. The minimum Gasteiger partial charge on any atom is -0.478 e. The topological polar surface area (TPSA) is 54.6 Å². The number of carbonyl (C=O) groups is 1. The number of nitrogens with zero attached hydrogens (tertiary/aromatic N) is 2. The first-order valence-corrected chi connectivity index (χ1v) is 8.22. The Morgan fingerprint density at radius 1 is 1.17 bits per heavy atom. The van der Waals surface area contributed by atoms with Crippen molar-refractivity contribution in [2.45, 2.75) is 0 Å². The predicted molar refractivity (Wildman–Crippen MR) is 99.1 cm³/mol. The monoisotopic (exact) mass is 402 g/mol. The van der Waals surface area contributed by atoms with E-state index >= 15 is 0 Å². The van der Waals surface area contributed by atoms with E-state index in [2.05, 4.69) is 20.9 Å². The number of hydrogen-bond donors (Lipinski definition) is 1. The fraction of sp³-hybridized carbons (Fsp3) is 0.